The third-order valence-electron chi connectivity index (χ3n) is 3.58. The average molecular weight is 468 g/mol. The van der Waals surface area contributed by atoms with Gasteiger partial charge >= 0.3 is 0 Å². The molecule has 0 aromatic carbocycles. The van der Waals surface area contributed by atoms with Gasteiger partial charge in [-0.3, -0.25) is 0 Å². The molecule has 1 saturated heterocycles. The molecule has 0 radical (unpaired) electrons. The van der Waals surface area contributed by atoms with Crippen LogP contribution in [0.4, 0.5) is 0 Å². The van der Waals surface area contributed by atoms with Gasteiger partial charge in [0.1, 0.15) is 0 Å². The molecule has 1 aliphatic rings. The van der Waals surface area contributed by atoms with Crippen LogP contribution in [0.15, 0.2) is 4.99 Å². The molecular weight excluding hydrogens is 439 g/mol. The van der Waals surface area contributed by atoms with Crippen molar-refractivity contribution >= 4 is 41.3 Å². The number of nitrogens with one attached hydrogen (secondary N) is 2. The van der Waals surface area contributed by atoms with Gasteiger partial charge in [-0.1, -0.05) is 0 Å². The van der Waals surface area contributed by atoms with Crippen molar-refractivity contribution in [2.24, 2.45) is 4.99 Å². The van der Waals surface area contributed by atoms with Crippen molar-refractivity contribution in [3.63, 3.8) is 0 Å². The van der Waals surface area contributed by atoms with E-state index in [0.717, 1.165) is 36.2 Å². The van der Waals surface area contributed by atoms with Crippen molar-refractivity contribution < 1.29 is 9.47 Å². The number of nitrogens with zero attached hydrogens (tertiary/aromatic N) is 2. The second-order valence-corrected chi connectivity index (χ2v) is 7.09. The Bertz CT molecular complexity index is 518. The summed E-state index contributed by atoms with van der Waals surface area (Å²) < 4.78 is 11.2. The summed E-state index contributed by atoms with van der Waals surface area (Å²) in [6.45, 7) is 11.9. The molecule has 6 nitrogen and oxygen atoms in total. The van der Waals surface area contributed by atoms with Crippen molar-refractivity contribution in [3.8, 4) is 0 Å². The normalized spacial score (nSPS) is 19.0. The first-order valence-electron chi connectivity index (χ1n) is 8.25. The van der Waals surface area contributed by atoms with Crippen LogP contribution in [0, 0.1) is 13.8 Å². The first-order valence-corrected chi connectivity index (χ1v) is 9.07. The van der Waals surface area contributed by atoms with E-state index in [1.54, 1.807) is 11.3 Å². The molecule has 24 heavy (non-hydrogen) atoms. The van der Waals surface area contributed by atoms with Gasteiger partial charge in [0.25, 0.3) is 0 Å². The molecule has 1 aliphatic heterocycles. The molecule has 2 N–H and O–H groups in total. The standard InChI is InChI=1S/C16H28N4O2S.HI/c1-5-17-16(18-8-15-12(3)20-13(4)23-15)19-11(2)9-22-14-6-7-21-10-14;/h11,14H,5-10H2,1-4H3,(H2,17,18,19);1H. The molecule has 1 aromatic rings. The highest BCUT2D eigenvalue weighted by atomic mass is 127. The van der Waals surface area contributed by atoms with E-state index in [1.807, 2.05) is 13.8 Å². The molecule has 1 aromatic heterocycles. The van der Waals surface area contributed by atoms with Crippen LogP contribution in [0.1, 0.15) is 35.8 Å². The third-order valence-corrected chi connectivity index (χ3v) is 4.64. The van der Waals surface area contributed by atoms with Crippen LogP contribution in [0.5, 0.6) is 0 Å². The molecule has 1 fully saturated rings. The zero-order valence-corrected chi connectivity index (χ0v) is 18.1. The Hall–Kier alpha value is -0.450. The summed E-state index contributed by atoms with van der Waals surface area (Å²) in [6.07, 6.45) is 1.23. The second kappa shape index (κ2) is 11.2. The number of ether oxygens (including phenoxy) is 2. The summed E-state index contributed by atoms with van der Waals surface area (Å²) in [4.78, 5) is 10.3. The smallest absolute Gasteiger partial charge is 0.191 e. The summed E-state index contributed by atoms with van der Waals surface area (Å²) >= 11 is 1.71. The second-order valence-electron chi connectivity index (χ2n) is 5.80. The van der Waals surface area contributed by atoms with Gasteiger partial charge in [-0.2, -0.15) is 0 Å². The molecule has 0 bridgehead atoms. The number of aliphatic imine (C=N–C) groups is 1. The number of thiazole rings is 1. The predicted molar refractivity (Wildman–Crippen MR) is 110 cm³/mol. The Morgan fingerprint density at radius 3 is 2.88 bits per heavy atom. The first kappa shape index (κ1) is 21.6. The minimum absolute atomic E-state index is 0. The van der Waals surface area contributed by atoms with Gasteiger partial charge in [0.2, 0.25) is 0 Å². The predicted octanol–water partition coefficient (Wildman–Crippen LogP) is 2.63. The molecule has 8 heteroatoms. The van der Waals surface area contributed by atoms with Crippen LogP contribution >= 0.6 is 35.3 Å². The van der Waals surface area contributed by atoms with Gasteiger partial charge in [0.15, 0.2) is 5.96 Å². The maximum atomic E-state index is 5.85. The fraction of sp³-hybridized carbons (Fsp3) is 0.750. The lowest BCUT2D eigenvalue weighted by molar-refractivity contribution is 0.0347. The van der Waals surface area contributed by atoms with Crippen LogP contribution in [-0.2, 0) is 16.0 Å². The van der Waals surface area contributed by atoms with Gasteiger partial charge in [-0.05, 0) is 34.1 Å². The van der Waals surface area contributed by atoms with Crippen LogP contribution in [0.25, 0.3) is 0 Å². The van der Waals surface area contributed by atoms with E-state index in [9.17, 15) is 0 Å². The van der Waals surface area contributed by atoms with Gasteiger partial charge in [0.05, 0.1) is 36.6 Å². The number of rotatable bonds is 7. The molecule has 2 unspecified atom stereocenters. The lowest BCUT2D eigenvalue weighted by atomic mass is 10.3. The maximum Gasteiger partial charge on any atom is 0.191 e. The molecule has 2 atom stereocenters. The topological polar surface area (TPSA) is 67.8 Å². The zero-order valence-electron chi connectivity index (χ0n) is 14.9. The van der Waals surface area contributed by atoms with Crippen molar-refractivity contribution in [1.29, 1.82) is 0 Å². The summed E-state index contributed by atoms with van der Waals surface area (Å²) in [5.41, 5.74) is 1.07. The van der Waals surface area contributed by atoms with E-state index in [-0.39, 0.29) is 36.1 Å². The number of aromatic nitrogens is 1. The molecule has 0 saturated carbocycles. The van der Waals surface area contributed by atoms with E-state index >= 15 is 0 Å². The lowest BCUT2D eigenvalue weighted by Gasteiger charge is -2.19. The largest absolute Gasteiger partial charge is 0.379 e. The molecule has 2 rings (SSSR count). The molecular formula is C16H29IN4O2S. The van der Waals surface area contributed by atoms with Gasteiger partial charge < -0.3 is 20.1 Å². The molecule has 0 spiro atoms. The number of halogens is 1. The lowest BCUT2D eigenvalue weighted by Crippen LogP contribution is -2.44. The maximum absolute atomic E-state index is 5.85. The van der Waals surface area contributed by atoms with E-state index in [4.69, 9.17) is 9.47 Å². The van der Waals surface area contributed by atoms with Crippen LogP contribution in [0.2, 0.25) is 0 Å². The Kier molecular flexibility index (Phi) is 10.1. The minimum atomic E-state index is 0. The van der Waals surface area contributed by atoms with E-state index in [2.05, 4.69) is 34.5 Å². The molecule has 0 amide bonds. The Balaban J connectivity index is 0.00000288. The SMILES string of the molecule is CCNC(=NCc1sc(C)nc1C)NC(C)COC1CCOC1.I. The van der Waals surface area contributed by atoms with Crippen LogP contribution in [-0.4, -0.2) is 49.5 Å². The van der Waals surface area contributed by atoms with E-state index < -0.39 is 0 Å². The molecule has 2 heterocycles. The highest BCUT2D eigenvalue weighted by Crippen LogP contribution is 2.17. The van der Waals surface area contributed by atoms with Crippen molar-refractivity contribution in [3.05, 3.63) is 15.6 Å². The first-order chi connectivity index (χ1) is 11.1. The Morgan fingerprint density at radius 2 is 2.29 bits per heavy atom. The van der Waals surface area contributed by atoms with Gasteiger partial charge in [-0.15, -0.1) is 35.3 Å². The summed E-state index contributed by atoms with van der Waals surface area (Å²) in [7, 11) is 0. The van der Waals surface area contributed by atoms with Crippen LogP contribution in [0.3, 0.4) is 0 Å². The highest BCUT2D eigenvalue weighted by molar-refractivity contribution is 14.0. The van der Waals surface area contributed by atoms with Gasteiger partial charge in [0, 0.05) is 24.1 Å². The van der Waals surface area contributed by atoms with E-state index in [0.29, 0.717) is 19.8 Å². The summed E-state index contributed by atoms with van der Waals surface area (Å²) in [5, 5.41) is 7.77. The van der Waals surface area contributed by atoms with Gasteiger partial charge in [-0.25, -0.2) is 9.98 Å². The quantitative estimate of drug-likeness (QED) is 0.366. The minimum Gasteiger partial charge on any atom is -0.379 e. The van der Waals surface area contributed by atoms with Crippen molar-refractivity contribution in [2.45, 2.75) is 52.8 Å². The van der Waals surface area contributed by atoms with Crippen molar-refractivity contribution in [1.82, 2.24) is 15.6 Å². The molecule has 138 valence electrons. The fourth-order valence-electron chi connectivity index (χ4n) is 2.39. The van der Waals surface area contributed by atoms with E-state index in [1.165, 1.54) is 4.88 Å². The van der Waals surface area contributed by atoms with Crippen LogP contribution < -0.4 is 10.6 Å². The summed E-state index contributed by atoms with van der Waals surface area (Å²) in [5.74, 6) is 0.816. The average Bonchev–Trinajstić information content (AvgIpc) is 3.12. The number of hydrogen-bond acceptors (Lipinski definition) is 5. The number of aryl methyl sites for hydroxylation is 2. The Morgan fingerprint density at radius 1 is 1.50 bits per heavy atom. The Labute approximate surface area is 165 Å². The van der Waals surface area contributed by atoms with Crippen molar-refractivity contribution in [2.75, 3.05) is 26.4 Å². The monoisotopic (exact) mass is 468 g/mol. The molecule has 0 aliphatic carbocycles. The number of guanidine groups is 1. The number of hydrogen-bond donors (Lipinski definition) is 2. The zero-order chi connectivity index (χ0) is 16.7. The highest BCUT2D eigenvalue weighted by Gasteiger charge is 2.17. The summed E-state index contributed by atoms with van der Waals surface area (Å²) in [6, 6.07) is 0.192. The third kappa shape index (κ3) is 7.20. The fourth-order valence-corrected chi connectivity index (χ4v) is 3.25.